The first-order chi connectivity index (χ1) is 13.0. The van der Waals surface area contributed by atoms with Crippen molar-refractivity contribution in [2.45, 2.75) is 50.0 Å². The van der Waals surface area contributed by atoms with Crippen molar-refractivity contribution in [1.29, 1.82) is 0 Å². The van der Waals surface area contributed by atoms with Crippen LogP contribution in [-0.2, 0) is 21.2 Å². The molecule has 2 rings (SSSR count). The zero-order chi connectivity index (χ0) is 21.1. The summed E-state index contributed by atoms with van der Waals surface area (Å²) in [6.45, 7) is 8.92. The molecule has 1 aromatic carbocycles. The van der Waals surface area contributed by atoms with Gasteiger partial charge in [-0.15, -0.1) is 0 Å². The maximum Gasteiger partial charge on any atom is 0.341 e. The lowest BCUT2D eigenvalue weighted by atomic mass is 10.2. The molecular weight excluding hydrogens is 408 g/mol. The third-order valence-corrected chi connectivity index (χ3v) is 6.38. The number of hydrogen-bond donors (Lipinski definition) is 1. The van der Waals surface area contributed by atoms with Crippen LogP contribution in [0.5, 0.6) is 0 Å². The fourth-order valence-corrected chi connectivity index (χ4v) is 4.09. The van der Waals surface area contributed by atoms with Crippen molar-refractivity contribution in [2.24, 2.45) is 5.92 Å². The van der Waals surface area contributed by atoms with Crippen molar-refractivity contribution in [3.63, 3.8) is 0 Å². The van der Waals surface area contributed by atoms with E-state index in [1.54, 1.807) is 0 Å². The summed E-state index contributed by atoms with van der Waals surface area (Å²) in [6, 6.07) is 4.66. The molecule has 1 aromatic heterocycles. The third-order valence-electron chi connectivity index (χ3n) is 4.00. The topological polar surface area (TPSA) is 81.1 Å². The average Bonchev–Trinajstić information content (AvgIpc) is 2.87. The minimum absolute atomic E-state index is 0.116. The van der Waals surface area contributed by atoms with E-state index in [1.807, 2.05) is 13.8 Å². The van der Waals surface area contributed by atoms with Crippen LogP contribution in [0.4, 0.5) is 14.5 Å². The molecule has 0 fully saturated rings. The largest absolute Gasteiger partial charge is 0.341 e. The smallest absolute Gasteiger partial charge is 0.325 e. The number of benzene rings is 1. The molecular formula is C18H23F2N3O3S2. The molecule has 0 spiro atoms. The van der Waals surface area contributed by atoms with Gasteiger partial charge in [-0.05, 0) is 44.0 Å². The van der Waals surface area contributed by atoms with Crippen LogP contribution < -0.4 is 5.32 Å². The number of amides is 1. The maximum atomic E-state index is 12.5. The van der Waals surface area contributed by atoms with E-state index in [-0.39, 0.29) is 11.7 Å². The second kappa shape index (κ2) is 9.04. The summed E-state index contributed by atoms with van der Waals surface area (Å²) in [4.78, 5) is 16.2. The molecule has 28 heavy (non-hydrogen) atoms. The number of nitrogens with one attached hydrogen (secondary N) is 1. The lowest BCUT2D eigenvalue weighted by molar-refractivity contribution is -0.113. The van der Waals surface area contributed by atoms with Crippen LogP contribution in [0.1, 0.15) is 25.2 Å². The molecule has 6 nitrogen and oxygen atoms in total. The minimum Gasteiger partial charge on any atom is -0.325 e. The van der Waals surface area contributed by atoms with Gasteiger partial charge in [0.05, 0.1) is 16.3 Å². The third kappa shape index (κ3) is 5.32. The molecule has 0 saturated heterocycles. The standard InChI is InChI=1S/C18H23F2N3O3S2/c1-11(2)9-23-13(4)12(3)21-18(23)27-10-16(24)22-14-5-7-15(8-6-14)28(25,26)17(19)20/h5-8,11,17H,9-10H2,1-4H3,(H,22,24). The van der Waals surface area contributed by atoms with E-state index in [1.165, 1.54) is 23.9 Å². The van der Waals surface area contributed by atoms with Crippen LogP contribution in [-0.4, -0.2) is 35.4 Å². The summed E-state index contributed by atoms with van der Waals surface area (Å²) in [5.41, 5.74) is 2.31. The van der Waals surface area contributed by atoms with Gasteiger partial charge in [-0.3, -0.25) is 4.79 Å². The molecule has 10 heteroatoms. The number of imidazole rings is 1. The minimum atomic E-state index is -4.65. The van der Waals surface area contributed by atoms with Gasteiger partial charge >= 0.3 is 5.76 Å². The van der Waals surface area contributed by atoms with Gasteiger partial charge < -0.3 is 9.88 Å². The molecule has 154 valence electrons. The number of halogens is 2. The molecule has 0 bridgehead atoms. The Bertz CT molecular complexity index is 940. The lowest BCUT2D eigenvalue weighted by Crippen LogP contribution is -2.16. The second-order valence-electron chi connectivity index (χ2n) is 6.74. The molecule has 1 heterocycles. The highest BCUT2D eigenvalue weighted by molar-refractivity contribution is 7.99. The molecule has 2 aromatic rings. The highest BCUT2D eigenvalue weighted by Gasteiger charge is 2.26. The number of alkyl halides is 2. The molecule has 1 N–H and O–H groups in total. The fourth-order valence-electron chi connectivity index (χ4n) is 2.47. The summed E-state index contributed by atoms with van der Waals surface area (Å²) < 4.78 is 50.0. The Hall–Kier alpha value is -1.94. The van der Waals surface area contributed by atoms with Crippen molar-refractivity contribution in [1.82, 2.24) is 9.55 Å². The van der Waals surface area contributed by atoms with Crippen molar-refractivity contribution in [2.75, 3.05) is 11.1 Å². The number of nitrogens with zero attached hydrogens (tertiary/aromatic N) is 2. The number of carbonyl (C=O) groups excluding carboxylic acids is 1. The van der Waals surface area contributed by atoms with Crippen LogP contribution in [0, 0.1) is 19.8 Å². The molecule has 0 aliphatic rings. The van der Waals surface area contributed by atoms with Crippen molar-refractivity contribution in [3.05, 3.63) is 35.7 Å². The quantitative estimate of drug-likeness (QED) is 0.642. The van der Waals surface area contributed by atoms with E-state index in [0.717, 1.165) is 35.2 Å². The number of rotatable bonds is 8. The van der Waals surface area contributed by atoms with Gasteiger partial charge in [0.25, 0.3) is 0 Å². The summed E-state index contributed by atoms with van der Waals surface area (Å²) >= 11 is 1.31. The van der Waals surface area contributed by atoms with E-state index in [9.17, 15) is 22.0 Å². The maximum absolute atomic E-state index is 12.5. The van der Waals surface area contributed by atoms with Gasteiger partial charge in [0.1, 0.15) is 0 Å². The Morgan fingerprint density at radius 1 is 1.21 bits per heavy atom. The Labute approximate surface area is 167 Å². The Balaban J connectivity index is 2.01. The number of aromatic nitrogens is 2. The first-order valence-corrected chi connectivity index (χ1v) is 11.1. The van der Waals surface area contributed by atoms with Crippen LogP contribution in [0.2, 0.25) is 0 Å². The summed E-state index contributed by atoms with van der Waals surface area (Å²) in [5, 5.41) is 3.38. The SMILES string of the molecule is Cc1nc(SCC(=O)Nc2ccc(S(=O)(=O)C(F)F)cc2)n(CC(C)C)c1C. The van der Waals surface area contributed by atoms with Crippen molar-refractivity contribution in [3.8, 4) is 0 Å². The predicted molar refractivity (Wildman–Crippen MR) is 106 cm³/mol. The summed E-state index contributed by atoms with van der Waals surface area (Å²) in [6.07, 6.45) is 0. The van der Waals surface area contributed by atoms with Crippen LogP contribution in [0.15, 0.2) is 34.3 Å². The number of hydrogen-bond acceptors (Lipinski definition) is 5. The van der Waals surface area contributed by atoms with Gasteiger partial charge in [0.2, 0.25) is 15.7 Å². The van der Waals surface area contributed by atoms with E-state index in [2.05, 4.69) is 28.7 Å². The highest BCUT2D eigenvalue weighted by Crippen LogP contribution is 2.23. The Morgan fingerprint density at radius 3 is 2.36 bits per heavy atom. The second-order valence-corrected chi connectivity index (χ2v) is 9.60. The highest BCUT2D eigenvalue weighted by atomic mass is 32.2. The van der Waals surface area contributed by atoms with Crippen LogP contribution in [0.3, 0.4) is 0 Å². The zero-order valence-corrected chi connectivity index (χ0v) is 17.7. The van der Waals surface area contributed by atoms with Gasteiger partial charge in [-0.2, -0.15) is 8.78 Å². The zero-order valence-electron chi connectivity index (χ0n) is 16.1. The molecule has 0 aliphatic carbocycles. The lowest BCUT2D eigenvalue weighted by Gasteiger charge is -2.12. The predicted octanol–water partition coefficient (Wildman–Crippen LogP) is 3.88. The van der Waals surface area contributed by atoms with Crippen LogP contribution in [0.25, 0.3) is 0 Å². The van der Waals surface area contributed by atoms with Crippen molar-refractivity contribution >= 4 is 33.2 Å². The number of anilines is 1. The molecule has 1 amide bonds. The van der Waals surface area contributed by atoms with E-state index in [4.69, 9.17) is 0 Å². The van der Waals surface area contributed by atoms with E-state index in [0.29, 0.717) is 11.6 Å². The van der Waals surface area contributed by atoms with Crippen LogP contribution >= 0.6 is 11.8 Å². The number of carbonyl (C=O) groups is 1. The first kappa shape index (κ1) is 22.4. The van der Waals surface area contributed by atoms with Gasteiger partial charge in [0, 0.05) is 17.9 Å². The average molecular weight is 432 g/mol. The van der Waals surface area contributed by atoms with E-state index < -0.39 is 20.5 Å². The fraction of sp³-hybridized carbons (Fsp3) is 0.444. The Kier molecular flexibility index (Phi) is 7.22. The van der Waals surface area contributed by atoms with Crippen molar-refractivity contribution < 1.29 is 22.0 Å². The Morgan fingerprint density at radius 2 is 1.82 bits per heavy atom. The molecule has 0 atom stereocenters. The number of thioether (sulfide) groups is 1. The molecule has 0 radical (unpaired) electrons. The molecule has 0 aliphatic heterocycles. The van der Waals surface area contributed by atoms with Gasteiger partial charge in [0.15, 0.2) is 5.16 Å². The first-order valence-electron chi connectivity index (χ1n) is 8.61. The van der Waals surface area contributed by atoms with Gasteiger partial charge in [-0.25, -0.2) is 13.4 Å². The van der Waals surface area contributed by atoms with Gasteiger partial charge in [-0.1, -0.05) is 25.6 Å². The molecule has 0 saturated carbocycles. The number of aryl methyl sites for hydroxylation is 1. The van der Waals surface area contributed by atoms with E-state index >= 15 is 0 Å². The summed E-state index contributed by atoms with van der Waals surface area (Å²) in [5.74, 6) is -3.23. The normalized spacial score (nSPS) is 12.0. The summed E-state index contributed by atoms with van der Waals surface area (Å²) in [7, 11) is -4.65. The monoisotopic (exact) mass is 431 g/mol. The molecule has 0 unspecified atom stereocenters. The number of sulfone groups is 1.